The van der Waals surface area contributed by atoms with Crippen molar-refractivity contribution in [2.75, 3.05) is 27.2 Å². The monoisotopic (exact) mass is 479 g/mol. The maximum Gasteiger partial charge on any atom is 0.407 e. The zero-order valence-corrected chi connectivity index (χ0v) is 20.2. The minimum absolute atomic E-state index is 0.0761. The summed E-state index contributed by atoms with van der Waals surface area (Å²) in [7, 11) is 3.61. The van der Waals surface area contributed by atoms with Crippen molar-refractivity contribution in [3.8, 4) is 11.1 Å². The molecule has 0 heterocycles. The van der Waals surface area contributed by atoms with Crippen LogP contribution in [0.4, 0.5) is 4.79 Å². The fourth-order valence-corrected chi connectivity index (χ4v) is 4.99. The predicted molar refractivity (Wildman–Crippen MR) is 132 cm³/mol. The zero-order valence-electron chi connectivity index (χ0n) is 20.2. The van der Waals surface area contributed by atoms with Gasteiger partial charge in [0, 0.05) is 18.5 Å². The molecule has 1 fully saturated rings. The molecule has 0 aromatic heterocycles. The summed E-state index contributed by atoms with van der Waals surface area (Å²) in [5.74, 6) is -1.27. The molecule has 2 atom stereocenters. The van der Waals surface area contributed by atoms with E-state index >= 15 is 0 Å². The van der Waals surface area contributed by atoms with Crippen LogP contribution in [0.15, 0.2) is 48.5 Å². The fourth-order valence-electron chi connectivity index (χ4n) is 4.99. The van der Waals surface area contributed by atoms with Gasteiger partial charge >= 0.3 is 12.1 Å². The van der Waals surface area contributed by atoms with E-state index in [9.17, 15) is 19.5 Å². The Hall–Kier alpha value is -3.39. The third-order valence-electron chi connectivity index (χ3n) is 6.94. The number of benzene rings is 2. The lowest BCUT2D eigenvalue weighted by Gasteiger charge is -2.34. The second kappa shape index (κ2) is 10.9. The van der Waals surface area contributed by atoms with Crippen LogP contribution in [0.25, 0.3) is 11.1 Å². The normalized spacial score (nSPS) is 16.5. The first-order valence-electron chi connectivity index (χ1n) is 12.1. The molecule has 2 aliphatic carbocycles. The molecular formula is C27H33N3O5. The van der Waals surface area contributed by atoms with Crippen LogP contribution in [0.1, 0.15) is 42.7 Å². The Morgan fingerprint density at radius 3 is 2.11 bits per heavy atom. The molecule has 0 aliphatic heterocycles. The van der Waals surface area contributed by atoms with Crippen molar-refractivity contribution in [3.05, 3.63) is 59.7 Å². The number of carbonyl (C=O) groups excluding carboxylic acids is 2. The van der Waals surface area contributed by atoms with E-state index < -0.39 is 30.1 Å². The highest BCUT2D eigenvalue weighted by Crippen LogP contribution is 2.44. The highest BCUT2D eigenvalue weighted by molar-refractivity contribution is 5.86. The van der Waals surface area contributed by atoms with Crippen molar-refractivity contribution in [2.24, 2.45) is 5.92 Å². The molecule has 35 heavy (non-hydrogen) atoms. The second-order valence-electron chi connectivity index (χ2n) is 9.69. The van der Waals surface area contributed by atoms with Crippen LogP contribution >= 0.6 is 0 Å². The molecule has 1 saturated carbocycles. The molecule has 0 radical (unpaired) electrons. The molecule has 3 N–H and O–H groups in total. The molecule has 0 bridgehead atoms. The summed E-state index contributed by atoms with van der Waals surface area (Å²) in [5.41, 5.74) is 4.51. The van der Waals surface area contributed by atoms with Gasteiger partial charge in [0.25, 0.3) is 0 Å². The van der Waals surface area contributed by atoms with Gasteiger partial charge in [0.1, 0.15) is 12.6 Å². The molecular weight excluding hydrogens is 446 g/mol. The molecule has 0 saturated heterocycles. The molecule has 186 valence electrons. The summed E-state index contributed by atoms with van der Waals surface area (Å²) in [6, 6.07) is 14.9. The molecule has 4 rings (SSSR count). The van der Waals surface area contributed by atoms with Crippen molar-refractivity contribution in [3.63, 3.8) is 0 Å². The first kappa shape index (κ1) is 24.7. The number of aliphatic carboxylic acids is 1. The third kappa shape index (κ3) is 5.82. The Labute approximate surface area is 205 Å². The second-order valence-corrected chi connectivity index (χ2v) is 9.69. The lowest BCUT2D eigenvalue weighted by atomic mass is 9.78. The minimum atomic E-state index is -0.948. The summed E-state index contributed by atoms with van der Waals surface area (Å²) in [5, 5.41) is 14.8. The lowest BCUT2D eigenvalue weighted by molar-refractivity contribution is -0.138. The predicted octanol–water partition coefficient (Wildman–Crippen LogP) is 3.21. The molecule has 8 heteroatoms. The number of rotatable bonds is 10. The van der Waals surface area contributed by atoms with E-state index in [1.165, 1.54) is 0 Å². The minimum Gasteiger partial charge on any atom is -0.481 e. The average Bonchev–Trinajstić information content (AvgIpc) is 3.09. The zero-order chi connectivity index (χ0) is 24.9. The Morgan fingerprint density at radius 1 is 1.00 bits per heavy atom. The topological polar surface area (TPSA) is 108 Å². The Morgan fingerprint density at radius 2 is 1.60 bits per heavy atom. The molecule has 2 unspecified atom stereocenters. The number of nitrogens with zero attached hydrogens (tertiary/aromatic N) is 1. The largest absolute Gasteiger partial charge is 0.481 e. The fraction of sp³-hybridized carbons (Fsp3) is 0.444. The van der Waals surface area contributed by atoms with Crippen LogP contribution in [0.3, 0.4) is 0 Å². The standard InChI is InChI=1S/C27H33N3O5/c1-30(2)15-24(26(33)28-23(14-25(31)32)17-8-7-9-17)29-27(34)35-16-22-20-12-5-3-10-18(20)19-11-4-6-13-21(19)22/h3-6,10-13,17,22-24H,7-9,14-16H2,1-2H3,(H,28,33)(H,29,34)(H,31,32). The van der Waals surface area contributed by atoms with E-state index in [4.69, 9.17) is 4.74 Å². The summed E-state index contributed by atoms with van der Waals surface area (Å²) in [4.78, 5) is 38.9. The summed E-state index contributed by atoms with van der Waals surface area (Å²) in [6.45, 7) is 0.417. The average molecular weight is 480 g/mol. The SMILES string of the molecule is CN(C)CC(NC(=O)OCC1c2ccccc2-c2ccccc21)C(=O)NC(CC(=O)O)C1CCC1. The van der Waals surface area contributed by atoms with E-state index in [1.807, 2.05) is 36.4 Å². The number of hydrogen-bond donors (Lipinski definition) is 3. The first-order chi connectivity index (χ1) is 16.8. The maximum absolute atomic E-state index is 13.0. The number of nitrogens with one attached hydrogen (secondary N) is 2. The van der Waals surface area contributed by atoms with Gasteiger partial charge in [0.05, 0.1) is 6.42 Å². The highest BCUT2D eigenvalue weighted by Gasteiger charge is 2.33. The molecule has 2 aromatic rings. The molecule has 0 spiro atoms. The molecule has 2 aliphatic rings. The van der Waals surface area contributed by atoms with Crippen molar-refractivity contribution >= 4 is 18.0 Å². The smallest absolute Gasteiger partial charge is 0.407 e. The number of fused-ring (bicyclic) bond motifs is 3. The number of carboxylic acid groups (broad SMARTS) is 1. The maximum atomic E-state index is 13.0. The van der Waals surface area contributed by atoms with Crippen LogP contribution in [-0.2, 0) is 14.3 Å². The van der Waals surface area contributed by atoms with Gasteiger partial charge < -0.3 is 25.4 Å². The van der Waals surface area contributed by atoms with Gasteiger partial charge in [0.2, 0.25) is 5.91 Å². The lowest BCUT2D eigenvalue weighted by Crippen LogP contribution is -2.55. The summed E-state index contributed by atoms with van der Waals surface area (Å²) in [6.07, 6.45) is 2.03. The summed E-state index contributed by atoms with van der Waals surface area (Å²) >= 11 is 0. The molecule has 2 amide bonds. The van der Waals surface area contributed by atoms with Crippen LogP contribution in [0, 0.1) is 5.92 Å². The van der Waals surface area contributed by atoms with Gasteiger partial charge in [-0.1, -0.05) is 55.0 Å². The number of carbonyl (C=O) groups is 3. The van der Waals surface area contributed by atoms with Crippen LogP contribution < -0.4 is 10.6 Å². The van der Waals surface area contributed by atoms with Crippen molar-refractivity contribution in [1.82, 2.24) is 15.5 Å². The third-order valence-corrected chi connectivity index (χ3v) is 6.94. The number of likely N-dealkylation sites (N-methyl/N-ethyl adjacent to an activating group) is 1. The van der Waals surface area contributed by atoms with Gasteiger partial charge in [-0.25, -0.2) is 4.79 Å². The first-order valence-corrected chi connectivity index (χ1v) is 12.1. The van der Waals surface area contributed by atoms with Crippen LogP contribution in [0.2, 0.25) is 0 Å². The Balaban J connectivity index is 1.40. The van der Waals surface area contributed by atoms with Crippen molar-refractivity contribution in [2.45, 2.75) is 43.7 Å². The van der Waals surface area contributed by atoms with E-state index in [0.29, 0.717) is 0 Å². The van der Waals surface area contributed by atoms with Crippen molar-refractivity contribution in [1.29, 1.82) is 0 Å². The summed E-state index contributed by atoms with van der Waals surface area (Å²) < 4.78 is 5.61. The number of alkyl carbamates (subject to hydrolysis) is 1. The van der Waals surface area contributed by atoms with Gasteiger partial charge in [-0.15, -0.1) is 0 Å². The Kier molecular flexibility index (Phi) is 7.70. The highest BCUT2D eigenvalue weighted by atomic mass is 16.5. The van der Waals surface area contributed by atoms with Gasteiger partial charge in [-0.2, -0.15) is 0 Å². The Bertz CT molecular complexity index is 1040. The van der Waals surface area contributed by atoms with Crippen LogP contribution in [-0.4, -0.2) is 67.3 Å². The molecule has 8 nitrogen and oxygen atoms in total. The number of amides is 2. The number of ether oxygens (including phenoxy) is 1. The van der Waals surface area contributed by atoms with E-state index in [0.717, 1.165) is 41.5 Å². The van der Waals surface area contributed by atoms with Crippen molar-refractivity contribution < 1.29 is 24.2 Å². The number of hydrogen-bond acceptors (Lipinski definition) is 5. The quantitative estimate of drug-likeness (QED) is 0.483. The van der Waals surface area contributed by atoms with Gasteiger partial charge in [-0.3, -0.25) is 9.59 Å². The van der Waals surface area contributed by atoms with Gasteiger partial charge in [-0.05, 0) is 55.1 Å². The van der Waals surface area contributed by atoms with E-state index in [-0.39, 0.29) is 31.4 Å². The molecule has 2 aromatic carbocycles. The van der Waals surface area contributed by atoms with Crippen LogP contribution in [0.5, 0.6) is 0 Å². The van der Waals surface area contributed by atoms with Gasteiger partial charge in [0.15, 0.2) is 0 Å². The van der Waals surface area contributed by atoms with E-state index in [2.05, 4.69) is 22.8 Å². The van der Waals surface area contributed by atoms with E-state index in [1.54, 1.807) is 19.0 Å². The number of carboxylic acids is 1.